The van der Waals surface area contributed by atoms with Crippen molar-refractivity contribution in [2.45, 2.75) is 30.3 Å². The first-order valence-corrected chi connectivity index (χ1v) is 8.52. The van der Waals surface area contributed by atoms with Gasteiger partial charge in [-0.15, -0.1) is 11.8 Å². The molecule has 0 aromatic heterocycles. The Hall–Kier alpha value is -1.73. The maximum absolute atomic E-state index is 12.2. The van der Waals surface area contributed by atoms with E-state index in [0.29, 0.717) is 12.4 Å². The Bertz CT molecular complexity index is 552. The molecule has 1 aliphatic rings. The van der Waals surface area contributed by atoms with Crippen molar-refractivity contribution in [2.75, 3.05) is 25.4 Å². The van der Waals surface area contributed by atoms with E-state index in [0.717, 1.165) is 10.6 Å². The highest BCUT2D eigenvalue weighted by Gasteiger charge is 2.40. The number of rotatable bonds is 6. The fourth-order valence-corrected chi connectivity index (χ4v) is 3.18. The van der Waals surface area contributed by atoms with Crippen molar-refractivity contribution in [1.82, 2.24) is 4.90 Å². The fourth-order valence-electron chi connectivity index (χ4n) is 2.38. The summed E-state index contributed by atoms with van der Waals surface area (Å²) in [5.74, 6) is -0.170. The maximum Gasteiger partial charge on any atom is 0.335 e. The van der Waals surface area contributed by atoms with Gasteiger partial charge < -0.3 is 19.8 Å². The number of amides is 1. The smallest absolute Gasteiger partial charge is 0.335 e. The van der Waals surface area contributed by atoms with Gasteiger partial charge in [0.15, 0.2) is 5.60 Å². The SMILES string of the molecule is CCOc1ccc(SCC(=O)N2CCC(O)(C(=O)O)CC2)cc1. The van der Waals surface area contributed by atoms with Crippen LogP contribution in [-0.4, -0.2) is 58.0 Å². The molecule has 2 rings (SSSR count). The Kier molecular flexibility index (Phi) is 5.90. The number of piperidine rings is 1. The molecule has 7 heteroatoms. The number of aliphatic hydroxyl groups is 1. The standard InChI is InChI=1S/C16H21NO5S/c1-2-22-12-3-5-13(6-4-12)23-11-14(18)17-9-7-16(21,8-10-17)15(19)20/h3-6,21H,2,7-11H2,1H3,(H,19,20). The summed E-state index contributed by atoms with van der Waals surface area (Å²) in [7, 11) is 0. The summed E-state index contributed by atoms with van der Waals surface area (Å²) in [6.45, 7) is 3.07. The van der Waals surface area contributed by atoms with Crippen LogP contribution >= 0.6 is 11.8 Å². The zero-order chi connectivity index (χ0) is 16.9. The average Bonchev–Trinajstić information content (AvgIpc) is 2.55. The van der Waals surface area contributed by atoms with Gasteiger partial charge in [-0.3, -0.25) is 4.79 Å². The number of carboxylic acids is 1. The minimum absolute atomic E-state index is 0.0451. The number of carbonyl (C=O) groups excluding carboxylic acids is 1. The van der Waals surface area contributed by atoms with Crippen LogP contribution in [0.25, 0.3) is 0 Å². The van der Waals surface area contributed by atoms with E-state index in [4.69, 9.17) is 9.84 Å². The molecule has 0 radical (unpaired) electrons. The van der Waals surface area contributed by atoms with Crippen molar-refractivity contribution in [1.29, 1.82) is 0 Å². The van der Waals surface area contributed by atoms with Crippen LogP contribution in [0.15, 0.2) is 29.2 Å². The molecule has 0 unspecified atom stereocenters. The van der Waals surface area contributed by atoms with E-state index in [2.05, 4.69) is 0 Å². The van der Waals surface area contributed by atoms with Crippen LogP contribution in [0, 0.1) is 0 Å². The lowest BCUT2D eigenvalue weighted by atomic mass is 9.92. The number of aliphatic carboxylic acids is 1. The van der Waals surface area contributed by atoms with Crippen LogP contribution < -0.4 is 4.74 Å². The number of carbonyl (C=O) groups is 2. The Labute approximate surface area is 139 Å². The molecule has 126 valence electrons. The molecule has 1 aromatic rings. The largest absolute Gasteiger partial charge is 0.494 e. The minimum Gasteiger partial charge on any atom is -0.494 e. The molecular formula is C16H21NO5S. The number of hydrogen-bond donors (Lipinski definition) is 2. The van der Waals surface area contributed by atoms with Gasteiger partial charge in [-0.1, -0.05) is 0 Å². The number of hydrogen-bond acceptors (Lipinski definition) is 5. The van der Waals surface area contributed by atoms with Crippen molar-refractivity contribution in [3.8, 4) is 5.75 Å². The molecule has 2 N–H and O–H groups in total. The van der Waals surface area contributed by atoms with Gasteiger partial charge in [0.05, 0.1) is 12.4 Å². The third kappa shape index (κ3) is 4.62. The van der Waals surface area contributed by atoms with Gasteiger partial charge in [0.2, 0.25) is 5.91 Å². The molecule has 1 aromatic carbocycles. The molecule has 1 heterocycles. The molecular weight excluding hydrogens is 318 g/mol. The van der Waals surface area contributed by atoms with Crippen LogP contribution in [0.2, 0.25) is 0 Å². The molecule has 6 nitrogen and oxygen atoms in total. The maximum atomic E-state index is 12.2. The molecule has 0 atom stereocenters. The van der Waals surface area contributed by atoms with E-state index in [1.807, 2.05) is 31.2 Å². The number of benzene rings is 1. The summed E-state index contributed by atoms with van der Waals surface area (Å²) in [6, 6.07) is 7.54. The lowest BCUT2D eigenvalue weighted by Gasteiger charge is -2.35. The molecule has 0 saturated carbocycles. The van der Waals surface area contributed by atoms with Crippen molar-refractivity contribution < 1.29 is 24.5 Å². The molecule has 1 fully saturated rings. The van der Waals surface area contributed by atoms with Gasteiger partial charge in [-0.2, -0.15) is 0 Å². The lowest BCUT2D eigenvalue weighted by molar-refractivity contribution is -0.165. The second-order valence-electron chi connectivity index (χ2n) is 5.41. The summed E-state index contributed by atoms with van der Waals surface area (Å²) in [6.07, 6.45) is 0.142. The average molecular weight is 339 g/mol. The Morgan fingerprint density at radius 3 is 2.39 bits per heavy atom. The lowest BCUT2D eigenvalue weighted by Crippen LogP contribution is -2.51. The van der Waals surface area contributed by atoms with Crippen LogP contribution in [0.1, 0.15) is 19.8 Å². The van der Waals surface area contributed by atoms with E-state index < -0.39 is 11.6 Å². The highest BCUT2D eigenvalue weighted by Crippen LogP contribution is 2.25. The summed E-state index contributed by atoms with van der Waals surface area (Å²) in [5.41, 5.74) is -1.70. The van der Waals surface area contributed by atoms with E-state index in [1.165, 1.54) is 11.8 Å². The minimum atomic E-state index is -1.70. The highest BCUT2D eigenvalue weighted by molar-refractivity contribution is 8.00. The summed E-state index contributed by atoms with van der Waals surface area (Å²) >= 11 is 1.43. The number of likely N-dealkylation sites (tertiary alicyclic amines) is 1. The van der Waals surface area contributed by atoms with E-state index >= 15 is 0 Å². The molecule has 23 heavy (non-hydrogen) atoms. The fraction of sp³-hybridized carbons (Fsp3) is 0.500. The van der Waals surface area contributed by atoms with E-state index in [1.54, 1.807) is 4.90 Å². The number of thioether (sulfide) groups is 1. The predicted molar refractivity (Wildman–Crippen MR) is 86.7 cm³/mol. The van der Waals surface area contributed by atoms with Crippen LogP contribution in [0.3, 0.4) is 0 Å². The molecule has 1 aliphatic heterocycles. The first-order valence-electron chi connectivity index (χ1n) is 7.54. The van der Waals surface area contributed by atoms with Gasteiger partial charge >= 0.3 is 5.97 Å². The Morgan fingerprint density at radius 1 is 1.26 bits per heavy atom. The van der Waals surface area contributed by atoms with Gasteiger partial charge in [0.1, 0.15) is 5.75 Å². The van der Waals surface area contributed by atoms with Crippen molar-refractivity contribution in [3.63, 3.8) is 0 Å². The van der Waals surface area contributed by atoms with Crippen molar-refractivity contribution >= 4 is 23.6 Å². The highest BCUT2D eigenvalue weighted by atomic mass is 32.2. The summed E-state index contributed by atoms with van der Waals surface area (Å²) in [4.78, 5) is 25.7. The Morgan fingerprint density at radius 2 is 1.87 bits per heavy atom. The van der Waals surface area contributed by atoms with Crippen LogP contribution in [-0.2, 0) is 9.59 Å². The predicted octanol–water partition coefficient (Wildman–Crippen LogP) is 1.62. The van der Waals surface area contributed by atoms with Gasteiger partial charge in [0.25, 0.3) is 0 Å². The first kappa shape index (κ1) is 17.6. The second-order valence-corrected chi connectivity index (χ2v) is 6.46. The van der Waals surface area contributed by atoms with Crippen LogP contribution in [0.4, 0.5) is 0 Å². The van der Waals surface area contributed by atoms with Gasteiger partial charge in [-0.05, 0) is 31.2 Å². The van der Waals surface area contributed by atoms with Crippen molar-refractivity contribution in [3.05, 3.63) is 24.3 Å². The molecule has 0 spiro atoms. The number of ether oxygens (including phenoxy) is 1. The van der Waals surface area contributed by atoms with Gasteiger partial charge in [0, 0.05) is 30.8 Å². The van der Waals surface area contributed by atoms with Crippen LogP contribution in [0.5, 0.6) is 5.75 Å². The van der Waals surface area contributed by atoms with E-state index in [9.17, 15) is 14.7 Å². The zero-order valence-corrected chi connectivity index (χ0v) is 13.8. The molecule has 0 aliphatic carbocycles. The monoisotopic (exact) mass is 339 g/mol. The number of carboxylic acid groups (broad SMARTS) is 1. The van der Waals surface area contributed by atoms with Crippen molar-refractivity contribution in [2.24, 2.45) is 0 Å². The topological polar surface area (TPSA) is 87.1 Å². The van der Waals surface area contributed by atoms with E-state index in [-0.39, 0.29) is 31.8 Å². The quantitative estimate of drug-likeness (QED) is 0.766. The molecule has 0 bridgehead atoms. The zero-order valence-electron chi connectivity index (χ0n) is 13.0. The third-order valence-corrected chi connectivity index (χ3v) is 4.84. The number of nitrogens with zero attached hydrogens (tertiary/aromatic N) is 1. The first-order chi connectivity index (χ1) is 10.9. The normalized spacial score (nSPS) is 16.9. The second kappa shape index (κ2) is 7.70. The summed E-state index contributed by atoms with van der Waals surface area (Å²) in [5, 5.41) is 18.8. The Balaban J connectivity index is 1.80. The summed E-state index contributed by atoms with van der Waals surface area (Å²) < 4.78 is 5.36. The third-order valence-electron chi connectivity index (χ3n) is 3.84. The molecule has 1 saturated heterocycles. The molecule has 1 amide bonds. The van der Waals surface area contributed by atoms with Gasteiger partial charge in [-0.25, -0.2) is 4.79 Å².